The van der Waals surface area contributed by atoms with E-state index in [1.54, 1.807) is 17.1 Å². The molecule has 5 nitrogen and oxygen atoms in total. The SMILES string of the molecule is CCn1cc(Oc2ncccc2CN)cn1. The van der Waals surface area contributed by atoms with E-state index in [9.17, 15) is 0 Å². The number of rotatable bonds is 4. The van der Waals surface area contributed by atoms with Gasteiger partial charge >= 0.3 is 0 Å². The lowest BCUT2D eigenvalue weighted by atomic mass is 10.3. The molecule has 0 atom stereocenters. The van der Waals surface area contributed by atoms with Crippen molar-refractivity contribution < 1.29 is 4.74 Å². The van der Waals surface area contributed by atoms with Gasteiger partial charge in [0.2, 0.25) is 5.88 Å². The highest BCUT2D eigenvalue weighted by molar-refractivity contribution is 5.29. The first-order valence-corrected chi connectivity index (χ1v) is 5.17. The fourth-order valence-electron chi connectivity index (χ4n) is 1.35. The highest BCUT2D eigenvalue weighted by Gasteiger charge is 2.05. The van der Waals surface area contributed by atoms with Crippen molar-refractivity contribution >= 4 is 0 Å². The molecule has 0 aliphatic heterocycles. The van der Waals surface area contributed by atoms with Crippen LogP contribution in [0.15, 0.2) is 30.7 Å². The maximum absolute atomic E-state index is 5.61. The van der Waals surface area contributed by atoms with Gasteiger partial charge in [0, 0.05) is 24.8 Å². The highest BCUT2D eigenvalue weighted by Crippen LogP contribution is 2.21. The molecule has 84 valence electrons. The Morgan fingerprint density at radius 1 is 1.50 bits per heavy atom. The minimum Gasteiger partial charge on any atom is -0.435 e. The molecule has 2 rings (SSSR count). The predicted molar refractivity (Wildman–Crippen MR) is 60.1 cm³/mol. The Balaban J connectivity index is 2.19. The molecule has 0 bridgehead atoms. The molecule has 0 fully saturated rings. The number of hydrogen-bond donors (Lipinski definition) is 1. The Morgan fingerprint density at radius 3 is 3.06 bits per heavy atom. The summed E-state index contributed by atoms with van der Waals surface area (Å²) in [5.74, 6) is 1.22. The Bertz CT molecular complexity index is 467. The van der Waals surface area contributed by atoms with Gasteiger partial charge in [-0.2, -0.15) is 5.10 Å². The summed E-state index contributed by atoms with van der Waals surface area (Å²) in [5.41, 5.74) is 6.48. The van der Waals surface area contributed by atoms with Crippen molar-refractivity contribution in [1.82, 2.24) is 14.8 Å². The summed E-state index contributed by atoms with van der Waals surface area (Å²) in [6.07, 6.45) is 5.17. The van der Waals surface area contributed by atoms with Crippen LogP contribution in [-0.2, 0) is 13.1 Å². The van der Waals surface area contributed by atoms with Crippen LogP contribution in [0, 0.1) is 0 Å². The molecular formula is C11H14N4O. The maximum atomic E-state index is 5.61. The quantitative estimate of drug-likeness (QED) is 0.845. The second kappa shape index (κ2) is 4.76. The summed E-state index contributed by atoms with van der Waals surface area (Å²) >= 11 is 0. The summed E-state index contributed by atoms with van der Waals surface area (Å²) in [7, 11) is 0. The summed E-state index contributed by atoms with van der Waals surface area (Å²) < 4.78 is 7.40. The van der Waals surface area contributed by atoms with Gasteiger partial charge in [-0.15, -0.1) is 0 Å². The monoisotopic (exact) mass is 218 g/mol. The van der Waals surface area contributed by atoms with Crippen LogP contribution < -0.4 is 10.5 Å². The van der Waals surface area contributed by atoms with E-state index in [2.05, 4.69) is 10.1 Å². The van der Waals surface area contributed by atoms with Gasteiger partial charge in [0.25, 0.3) is 0 Å². The molecule has 0 aliphatic carbocycles. The molecule has 16 heavy (non-hydrogen) atoms. The van der Waals surface area contributed by atoms with Gasteiger partial charge in [-0.3, -0.25) is 4.68 Å². The number of nitrogens with zero attached hydrogens (tertiary/aromatic N) is 3. The number of aryl methyl sites for hydroxylation is 1. The Hall–Kier alpha value is -1.88. The number of pyridine rings is 1. The number of hydrogen-bond acceptors (Lipinski definition) is 4. The molecule has 0 spiro atoms. The van der Waals surface area contributed by atoms with Gasteiger partial charge in [0.1, 0.15) is 0 Å². The van der Waals surface area contributed by atoms with E-state index in [0.717, 1.165) is 12.1 Å². The van der Waals surface area contributed by atoms with Crippen LogP contribution in [0.1, 0.15) is 12.5 Å². The number of nitrogens with two attached hydrogens (primary N) is 1. The van der Waals surface area contributed by atoms with Crippen LogP contribution in [0.25, 0.3) is 0 Å². The molecule has 0 amide bonds. The fraction of sp³-hybridized carbons (Fsp3) is 0.273. The van der Waals surface area contributed by atoms with Crippen molar-refractivity contribution in [3.05, 3.63) is 36.3 Å². The third-order valence-corrected chi connectivity index (χ3v) is 2.22. The maximum Gasteiger partial charge on any atom is 0.223 e. The lowest BCUT2D eigenvalue weighted by Crippen LogP contribution is -2.00. The first-order chi connectivity index (χ1) is 7.83. The second-order valence-electron chi connectivity index (χ2n) is 3.31. The lowest BCUT2D eigenvalue weighted by Gasteiger charge is -2.05. The average molecular weight is 218 g/mol. The van der Waals surface area contributed by atoms with E-state index in [-0.39, 0.29) is 0 Å². The molecule has 0 aliphatic rings. The van der Waals surface area contributed by atoms with Crippen molar-refractivity contribution in [2.24, 2.45) is 5.73 Å². The first kappa shape index (κ1) is 10.6. The van der Waals surface area contributed by atoms with E-state index in [1.807, 2.05) is 25.3 Å². The van der Waals surface area contributed by atoms with Gasteiger partial charge in [-0.25, -0.2) is 4.98 Å². The molecule has 0 saturated carbocycles. The topological polar surface area (TPSA) is 66.0 Å². The summed E-state index contributed by atoms with van der Waals surface area (Å²) in [6, 6.07) is 3.73. The Labute approximate surface area is 93.9 Å². The van der Waals surface area contributed by atoms with E-state index < -0.39 is 0 Å². The van der Waals surface area contributed by atoms with Gasteiger partial charge in [-0.1, -0.05) is 6.07 Å². The van der Waals surface area contributed by atoms with Crippen molar-refractivity contribution in [2.75, 3.05) is 0 Å². The standard InChI is InChI=1S/C11H14N4O/c1-2-15-8-10(7-14-15)16-11-9(6-12)4-3-5-13-11/h3-5,7-8H,2,6,12H2,1H3. The number of aromatic nitrogens is 3. The predicted octanol–water partition coefficient (Wildman–Crippen LogP) is 1.55. The van der Waals surface area contributed by atoms with E-state index in [4.69, 9.17) is 10.5 Å². The number of ether oxygens (including phenoxy) is 1. The van der Waals surface area contributed by atoms with Crippen LogP contribution in [0.5, 0.6) is 11.6 Å². The van der Waals surface area contributed by atoms with Crippen LogP contribution in [0.3, 0.4) is 0 Å². The molecule has 2 aromatic rings. The third kappa shape index (κ3) is 2.20. The van der Waals surface area contributed by atoms with E-state index in [1.165, 1.54) is 0 Å². The summed E-state index contributed by atoms with van der Waals surface area (Å²) in [5, 5.41) is 4.12. The zero-order chi connectivity index (χ0) is 11.4. The smallest absolute Gasteiger partial charge is 0.223 e. The van der Waals surface area contributed by atoms with Crippen molar-refractivity contribution in [3.63, 3.8) is 0 Å². The minimum absolute atomic E-state index is 0.408. The Kier molecular flexibility index (Phi) is 3.16. The minimum atomic E-state index is 0.408. The van der Waals surface area contributed by atoms with Gasteiger partial charge in [0.05, 0.1) is 12.4 Å². The normalized spacial score (nSPS) is 10.4. The molecule has 2 aromatic heterocycles. The van der Waals surface area contributed by atoms with Crippen LogP contribution >= 0.6 is 0 Å². The van der Waals surface area contributed by atoms with Crippen LogP contribution in [0.4, 0.5) is 0 Å². The van der Waals surface area contributed by atoms with Gasteiger partial charge in [0.15, 0.2) is 5.75 Å². The largest absolute Gasteiger partial charge is 0.435 e. The molecule has 2 heterocycles. The van der Waals surface area contributed by atoms with Crippen molar-refractivity contribution in [2.45, 2.75) is 20.0 Å². The van der Waals surface area contributed by atoms with Gasteiger partial charge in [-0.05, 0) is 13.0 Å². The Morgan fingerprint density at radius 2 is 2.38 bits per heavy atom. The molecule has 0 aromatic carbocycles. The molecule has 0 radical (unpaired) electrons. The van der Waals surface area contributed by atoms with Crippen LogP contribution in [-0.4, -0.2) is 14.8 Å². The summed E-state index contributed by atoms with van der Waals surface area (Å²) in [6.45, 7) is 3.24. The molecular weight excluding hydrogens is 204 g/mol. The van der Waals surface area contributed by atoms with Gasteiger partial charge < -0.3 is 10.5 Å². The third-order valence-electron chi connectivity index (χ3n) is 2.22. The lowest BCUT2D eigenvalue weighted by molar-refractivity contribution is 0.455. The molecule has 0 unspecified atom stereocenters. The van der Waals surface area contributed by atoms with E-state index >= 15 is 0 Å². The van der Waals surface area contributed by atoms with E-state index in [0.29, 0.717) is 18.2 Å². The zero-order valence-electron chi connectivity index (χ0n) is 9.13. The first-order valence-electron chi connectivity index (χ1n) is 5.17. The molecule has 2 N–H and O–H groups in total. The molecule has 5 heteroatoms. The molecule has 0 saturated heterocycles. The highest BCUT2D eigenvalue weighted by atomic mass is 16.5. The fourth-order valence-corrected chi connectivity index (χ4v) is 1.35. The average Bonchev–Trinajstić information content (AvgIpc) is 2.77. The van der Waals surface area contributed by atoms with Crippen molar-refractivity contribution in [3.8, 4) is 11.6 Å². The van der Waals surface area contributed by atoms with Crippen molar-refractivity contribution in [1.29, 1.82) is 0 Å². The zero-order valence-corrected chi connectivity index (χ0v) is 9.13. The second-order valence-corrected chi connectivity index (χ2v) is 3.31. The summed E-state index contributed by atoms with van der Waals surface area (Å²) in [4.78, 5) is 4.14. The van der Waals surface area contributed by atoms with Crippen LogP contribution in [0.2, 0.25) is 0 Å².